The average Bonchev–Trinajstić information content (AvgIpc) is 2.97. The monoisotopic (exact) mass is 499 g/mol. The van der Waals surface area contributed by atoms with Crippen LogP contribution in [-0.4, -0.2) is 12.2 Å². The zero-order valence-corrected chi connectivity index (χ0v) is 20.7. The molecule has 0 aliphatic heterocycles. The third kappa shape index (κ3) is 6.34. The Kier molecular flexibility index (Phi) is 7.58. The number of phenolic OH excluding ortho intramolecular Hbond substituents is 1. The number of benzene rings is 5. The van der Waals surface area contributed by atoms with E-state index < -0.39 is 0 Å². The number of hydrogen-bond acceptors (Lipinski definition) is 7. The molecule has 0 spiro atoms. The molecule has 7 nitrogen and oxygen atoms in total. The SMILES string of the molecule is CNOc1ccc(N=Nc2ccc(-c3ccc(-c4ccc(N=Nc5ccc(O)cc5)cc4)cc3)cc2)cc1. The average molecular weight is 500 g/mol. The zero-order chi connectivity index (χ0) is 26.2. The van der Waals surface area contributed by atoms with Crippen molar-refractivity contribution in [2.24, 2.45) is 20.5 Å². The second-order valence-corrected chi connectivity index (χ2v) is 8.39. The summed E-state index contributed by atoms with van der Waals surface area (Å²) in [6.45, 7) is 0. The number of phenols is 1. The first-order chi connectivity index (χ1) is 18.7. The van der Waals surface area contributed by atoms with Crippen molar-refractivity contribution in [3.63, 3.8) is 0 Å². The van der Waals surface area contributed by atoms with E-state index in [0.717, 1.165) is 39.3 Å². The Morgan fingerprint density at radius 1 is 0.447 bits per heavy atom. The maximum atomic E-state index is 9.36. The van der Waals surface area contributed by atoms with Crippen LogP contribution < -0.4 is 10.3 Å². The fourth-order valence-electron chi connectivity index (χ4n) is 3.75. The number of nitrogens with one attached hydrogen (secondary N) is 1. The first kappa shape index (κ1) is 24.5. The smallest absolute Gasteiger partial charge is 0.147 e. The van der Waals surface area contributed by atoms with Crippen LogP contribution in [0.1, 0.15) is 0 Å². The number of nitrogens with zero attached hydrogens (tertiary/aromatic N) is 4. The van der Waals surface area contributed by atoms with Crippen molar-refractivity contribution in [2.45, 2.75) is 0 Å². The summed E-state index contributed by atoms with van der Waals surface area (Å²) < 4.78 is 0. The molecule has 0 bridgehead atoms. The number of azo groups is 2. The van der Waals surface area contributed by atoms with Crippen molar-refractivity contribution >= 4 is 22.7 Å². The van der Waals surface area contributed by atoms with Gasteiger partial charge in [-0.2, -0.15) is 25.9 Å². The molecule has 0 aliphatic rings. The molecular formula is C31H25N5O2. The van der Waals surface area contributed by atoms with Crippen molar-refractivity contribution in [1.82, 2.24) is 5.48 Å². The van der Waals surface area contributed by atoms with Gasteiger partial charge in [-0.05, 0) is 95.1 Å². The van der Waals surface area contributed by atoms with Gasteiger partial charge in [0.25, 0.3) is 0 Å². The summed E-state index contributed by atoms with van der Waals surface area (Å²) in [4.78, 5) is 5.21. The van der Waals surface area contributed by atoms with Gasteiger partial charge in [0.2, 0.25) is 0 Å². The van der Waals surface area contributed by atoms with Gasteiger partial charge in [0.15, 0.2) is 0 Å². The van der Waals surface area contributed by atoms with Crippen molar-refractivity contribution in [3.8, 4) is 33.8 Å². The molecule has 0 aliphatic carbocycles. The summed E-state index contributed by atoms with van der Waals surface area (Å²) >= 11 is 0. The lowest BCUT2D eigenvalue weighted by atomic mass is 10.00. The van der Waals surface area contributed by atoms with Gasteiger partial charge in [0.05, 0.1) is 22.7 Å². The van der Waals surface area contributed by atoms with Crippen LogP contribution in [0.25, 0.3) is 22.3 Å². The maximum Gasteiger partial charge on any atom is 0.147 e. The summed E-state index contributed by atoms with van der Waals surface area (Å²) in [5.74, 6) is 0.921. The molecule has 0 saturated heterocycles. The Bertz CT molecular complexity index is 1530. The van der Waals surface area contributed by atoms with Crippen LogP contribution in [0.5, 0.6) is 11.5 Å². The maximum absolute atomic E-state index is 9.36. The highest BCUT2D eigenvalue weighted by Crippen LogP contribution is 2.29. The summed E-state index contributed by atoms with van der Waals surface area (Å²) in [5, 5.41) is 26.4. The van der Waals surface area contributed by atoms with E-state index in [0.29, 0.717) is 11.4 Å². The van der Waals surface area contributed by atoms with E-state index in [9.17, 15) is 5.11 Å². The molecule has 2 N–H and O–H groups in total. The van der Waals surface area contributed by atoms with Crippen LogP contribution in [0.15, 0.2) is 142 Å². The van der Waals surface area contributed by atoms with Gasteiger partial charge in [-0.25, -0.2) is 0 Å². The third-order valence-electron chi connectivity index (χ3n) is 5.75. The molecule has 5 rings (SSSR count). The minimum atomic E-state index is 0.206. The lowest BCUT2D eigenvalue weighted by Crippen LogP contribution is -2.10. The molecule has 0 amide bonds. The van der Waals surface area contributed by atoms with Gasteiger partial charge < -0.3 is 9.94 Å². The van der Waals surface area contributed by atoms with E-state index in [1.807, 2.05) is 72.8 Å². The third-order valence-corrected chi connectivity index (χ3v) is 5.75. The predicted molar refractivity (Wildman–Crippen MR) is 150 cm³/mol. The highest BCUT2D eigenvalue weighted by molar-refractivity contribution is 5.71. The largest absolute Gasteiger partial charge is 0.508 e. The van der Waals surface area contributed by atoms with E-state index in [4.69, 9.17) is 4.84 Å². The van der Waals surface area contributed by atoms with Crippen LogP contribution in [0.2, 0.25) is 0 Å². The van der Waals surface area contributed by atoms with E-state index in [1.165, 1.54) is 0 Å². The standard InChI is InChI=1S/C31H25N5O2/c1-32-38-31-20-16-29(17-21-31)36-34-27-12-8-25(9-13-27)23-4-2-22(3-5-23)24-6-10-26(11-7-24)33-35-28-14-18-30(37)19-15-28/h2-21,32,37H,1H3. The van der Waals surface area contributed by atoms with Crippen molar-refractivity contribution in [3.05, 3.63) is 121 Å². The van der Waals surface area contributed by atoms with Gasteiger partial charge in [0.1, 0.15) is 11.5 Å². The predicted octanol–water partition coefficient (Wildman–Crippen LogP) is 9.07. The van der Waals surface area contributed by atoms with Gasteiger partial charge >= 0.3 is 0 Å². The second kappa shape index (κ2) is 11.7. The first-order valence-electron chi connectivity index (χ1n) is 12.0. The summed E-state index contributed by atoms with van der Waals surface area (Å²) in [6, 6.07) is 38.3. The van der Waals surface area contributed by atoms with E-state index in [1.54, 1.807) is 31.3 Å². The number of aromatic hydroxyl groups is 1. The number of hydroxylamine groups is 1. The summed E-state index contributed by atoms with van der Waals surface area (Å²) in [7, 11) is 1.71. The number of rotatable bonds is 8. The molecule has 0 fully saturated rings. The highest BCUT2D eigenvalue weighted by atomic mass is 16.6. The second-order valence-electron chi connectivity index (χ2n) is 8.39. The van der Waals surface area contributed by atoms with Gasteiger partial charge in [-0.3, -0.25) is 0 Å². The molecule has 0 unspecified atom stereocenters. The lowest BCUT2D eigenvalue weighted by Gasteiger charge is -2.06. The minimum Gasteiger partial charge on any atom is -0.508 e. The Balaban J connectivity index is 1.21. The lowest BCUT2D eigenvalue weighted by molar-refractivity contribution is 0.224. The van der Waals surface area contributed by atoms with E-state index >= 15 is 0 Å². The van der Waals surface area contributed by atoms with E-state index in [2.05, 4.69) is 50.2 Å². The first-order valence-corrected chi connectivity index (χ1v) is 12.0. The fraction of sp³-hybridized carbons (Fsp3) is 0.0323. The van der Waals surface area contributed by atoms with Gasteiger partial charge in [-0.1, -0.05) is 48.5 Å². The van der Waals surface area contributed by atoms with Crippen LogP contribution >= 0.6 is 0 Å². The van der Waals surface area contributed by atoms with E-state index in [-0.39, 0.29) is 5.75 Å². The Morgan fingerprint density at radius 3 is 1.08 bits per heavy atom. The normalized spacial score (nSPS) is 11.3. The Morgan fingerprint density at radius 2 is 0.737 bits per heavy atom. The zero-order valence-electron chi connectivity index (χ0n) is 20.7. The molecule has 0 saturated carbocycles. The summed E-state index contributed by atoms with van der Waals surface area (Å²) in [6.07, 6.45) is 0. The van der Waals surface area contributed by atoms with Crippen LogP contribution in [0, 0.1) is 0 Å². The van der Waals surface area contributed by atoms with Crippen molar-refractivity contribution < 1.29 is 9.94 Å². The molecule has 0 heterocycles. The molecule has 5 aromatic rings. The van der Waals surface area contributed by atoms with Crippen LogP contribution in [0.4, 0.5) is 22.7 Å². The number of hydrogen-bond donors (Lipinski definition) is 2. The topological polar surface area (TPSA) is 90.9 Å². The van der Waals surface area contributed by atoms with Gasteiger partial charge in [-0.15, -0.1) is 0 Å². The quantitative estimate of drug-likeness (QED) is 0.165. The molecule has 0 aromatic heterocycles. The molecular weight excluding hydrogens is 474 g/mol. The molecule has 0 atom stereocenters. The van der Waals surface area contributed by atoms with Crippen molar-refractivity contribution in [1.29, 1.82) is 0 Å². The molecule has 0 radical (unpaired) electrons. The van der Waals surface area contributed by atoms with Gasteiger partial charge in [0, 0.05) is 7.05 Å². The van der Waals surface area contributed by atoms with Crippen LogP contribution in [0.3, 0.4) is 0 Å². The highest BCUT2D eigenvalue weighted by Gasteiger charge is 2.02. The summed E-state index contributed by atoms with van der Waals surface area (Å²) in [5.41, 5.74) is 10.1. The van der Waals surface area contributed by atoms with Crippen LogP contribution in [-0.2, 0) is 0 Å². The Hall–Kier alpha value is -5.14. The fourth-order valence-corrected chi connectivity index (χ4v) is 3.75. The molecule has 38 heavy (non-hydrogen) atoms. The molecule has 186 valence electrons. The van der Waals surface area contributed by atoms with Crippen molar-refractivity contribution in [2.75, 3.05) is 7.05 Å². The molecule has 5 aromatic carbocycles. The molecule has 7 heteroatoms. The minimum absolute atomic E-state index is 0.206. The Labute approximate surface area is 220 Å².